The molecule has 2 rings (SSSR count). The molecule has 120 valence electrons. The lowest BCUT2D eigenvalue weighted by atomic mass is 10.1. The lowest BCUT2D eigenvalue weighted by Gasteiger charge is -2.23. The number of rotatable bonds is 6. The van der Waals surface area contributed by atoms with E-state index in [1.165, 1.54) is 7.11 Å². The molecule has 0 aliphatic carbocycles. The third-order valence-corrected chi connectivity index (χ3v) is 3.54. The van der Waals surface area contributed by atoms with Crippen molar-refractivity contribution in [1.29, 1.82) is 0 Å². The van der Waals surface area contributed by atoms with Gasteiger partial charge in [-0.25, -0.2) is 4.79 Å². The van der Waals surface area contributed by atoms with E-state index in [0.29, 0.717) is 31.7 Å². The van der Waals surface area contributed by atoms with Crippen molar-refractivity contribution in [2.24, 2.45) is 0 Å². The minimum atomic E-state index is -0.345. The molecule has 0 bridgehead atoms. The Hall–Kier alpha value is -1.92. The Morgan fingerprint density at radius 2 is 2.14 bits per heavy atom. The number of carbonyl (C=O) groups is 2. The van der Waals surface area contributed by atoms with Crippen molar-refractivity contribution in [2.45, 2.75) is 18.9 Å². The van der Waals surface area contributed by atoms with Crippen LogP contribution in [-0.2, 0) is 20.7 Å². The second-order valence-electron chi connectivity index (χ2n) is 5.22. The molecule has 6 nitrogen and oxygen atoms in total. The van der Waals surface area contributed by atoms with Gasteiger partial charge >= 0.3 is 5.97 Å². The van der Waals surface area contributed by atoms with E-state index in [9.17, 15) is 9.59 Å². The first-order valence-corrected chi connectivity index (χ1v) is 7.44. The number of esters is 1. The maximum atomic E-state index is 11.8. The predicted molar refractivity (Wildman–Crippen MR) is 81.7 cm³/mol. The molecule has 1 heterocycles. The summed E-state index contributed by atoms with van der Waals surface area (Å²) in [6.07, 6.45) is 1.16. The molecule has 1 aliphatic heterocycles. The molecule has 0 radical (unpaired) electrons. The molecule has 1 unspecified atom stereocenters. The molecule has 1 aromatic rings. The van der Waals surface area contributed by atoms with Gasteiger partial charge in [-0.2, -0.15) is 0 Å². The van der Waals surface area contributed by atoms with Gasteiger partial charge in [0.2, 0.25) is 5.91 Å². The molecule has 22 heavy (non-hydrogen) atoms. The van der Waals surface area contributed by atoms with Crippen LogP contribution in [0.2, 0.25) is 0 Å². The van der Waals surface area contributed by atoms with Gasteiger partial charge in [0.05, 0.1) is 25.9 Å². The van der Waals surface area contributed by atoms with E-state index in [0.717, 1.165) is 18.5 Å². The Bertz CT molecular complexity index is 495. The molecule has 0 aromatic heterocycles. The highest BCUT2D eigenvalue weighted by Gasteiger charge is 2.16. The fraction of sp³-hybridized carbons (Fsp3) is 0.500. The Morgan fingerprint density at radius 3 is 2.77 bits per heavy atom. The van der Waals surface area contributed by atoms with E-state index in [2.05, 4.69) is 15.4 Å². The lowest BCUT2D eigenvalue weighted by molar-refractivity contribution is -0.122. The summed E-state index contributed by atoms with van der Waals surface area (Å²) in [4.78, 5) is 23.1. The average molecular weight is 306 g/mol. The molecule has 0 saturated carbocycles. The third kappa shape index (κ3) is 5.13. The van der Waals surface area contributed by atoms with Crippen LogP contribution >= 0.6 is 0 Å². The zero-order valence-electron chi connectivity index (χ0n) is 12.8. The Kier molecular flexibility index (Phi) is 6.36. The van der Waals surface area contributed by atoms with Gasteiger partial charge in [0.1, 0.15) is 0 Å². The van der Waals surface area contributed by atoms with Gasteiger partial charge in [0.15, 0.2) is 0 Å². The van der Waals surface area contributed by atoms with Crippen LogP contribution in [0.25, 0.3) is 0 Å². The highest BCUT2D eigenvalue weighted by Crippen LogP contribution is 2.06. The minimum Gasteiger partial charge on any atom is -0.465 e. The number of nitrogens with one attached hydrogen (secondary N) is 2. The van der Waals surface area contributed by atoms with Gasteiger partial charge in [0, 0.05) is 25.6 Å². The fourth-order valence-corrected chi connectivity index (χ4v) is 2.32. The molecular weight excluding hydrogens is 284 g/mol. The number of ether oxygens (including phenoxy) is 2. The van der Waals surface area contributed by atoms with Crippen LogP contribution in [0.1, 0.15) is 22.3 Å². The number of methoxy groups -OCH3 is 1. The maximum Gasteiger partial charge on any atom is 0.337 e. The highest BCUT2D eigenvalue weighted by molar-refractivity contribution is 5.89. The van der Waals surface area contributed by atoms with Crippen molar-refractivity contribution in [1.82, 2.24) is 10.6 Å². The first kappa shape index (κ1) is 16.5. The molecule has 1 saturated heterocycles. The van der Waals surface area contributed by atoms with E-state index in [1.807, 2.05) is 12.1 Å². The second kappa shape index (κ2) is 8.51. The van der Waals surface area contributed by atoms with Gasteiger partial charge in [-0.15, -0.1) is 0 Å². The SMILES string of the molecule is COC(=O)c1ccc(CCNC(=O)CC2COCCN2)cc1. The van der Waals surface area contributed by atoms with E-state index in [4.69, 9.17) is 4.74 Å². The van der Waals surface area contributed by atoms with E-state index in [1.54, 1.807) is 12.1 Å². The number of hydrogen-bond acceptors (Lipinski definition) is 5. The van der Waals surface area contributed by atoms with Gasteiger partial charge in [-0.1, -0.05) is 12.1 Å². The van der Waals surface area contributed by atoms with Crippen LogP contribution in [0.3, 0.4) is 0 Å². The summed E-state index contributed by atoms with van der Waals surface area (Å²) in [7, 11) is 1.36. The topological polar surface area (TPSA) is 76.7 Å². The normalized spacial score (nSPS) is 17.8. The standard InChI is InChI=1S/C16H22N2O4/c1-21-16(20)13-4-2-12(3-5-13)6-7-18-15(19)10-14-11-22-9-8-17-14/h2-5,14,17H,6-11H2,1H3,(H,18,19). The summed E-state index contributed by atoms with van der Waals surface area (Å²) in [5, 5.41) is 6.15. The smallest absolute Gasteiger partial charge is 0.337 e. The van der Waals surface area contributed by atoms with Crippen molar-refractivity contribution < 1.29 is 19.1 Å². The fourth-order valence-electron chi connectivity index (χ4n) is 2.32. The lowest BCUT2D eigenvalue weighted by Crippen LogP contribution is -2.44. The van der Waals surface area contributed by atoms with Crippen LogP contribution in [0.5, 0.6) is 0 Å². The highest BCUT2D eigenvalue weighted by atomic mass is 16.5. The number of amides is 1. The number of morpholine rings is 1. The molecule has 1 fully saturated rings. The van der Waals surface area contributed by atoms with Crippen LogP contribution in [0.4, 0.5) is 0 Å². The molecule has 1 aromatic carbocycles. The van der Waals surface area contributed by atoms with Gasteiger partial charge in [0.25, 0.3) is 0 Å². The van der Waals surface area contributed by atoms with E-state index < -0.39 is 0 Å². The third-order valence-electron chi connectivity index (χ3n) is 3.54. The van der Waals surface area contributed by atoms with Crippen molar-refractivity contribution in [2.75, 3.05) is 33.4 Å². The summed E-state index contributed by atoms with van der Waals surface area (Å²) in [6.45, 7) is 2.66. The predicted octanol–water partition coefficient (Wildman–Crippen LogP) is 0.510. The van der Waals surface area contributed by atoms with Crippen molar-refractivity contribution in [3.8, 4) is 0 Å². The molecule has 2 N–H and O–H groups in total. The Balaban J connectivity index is 1.69. The maximum absolute atomic E-state index is 11.8. The molecule has 1 aliphatic rings. The van der Waals surface area contributed by atoms with Crippen LogP contribution in [0, 0.1) is 0 Å². The second-order valence-corrected chi connectivity index (χ2v) is 5.22. The van der Waals surface area contributed by atoms with Crippen LogP contribution < -0.4 is 10.6 Å². The van der Waals surface area contributed by atoms with E-state index >= 15 is 0 Å². The largest absolute Gasteiger partial charge is 0.465 e. The number of benzene rings is 1. The summed E-state index contributed by atoms with van der Waals surface area (Å²) in [6, 6.07) is 7.30. The number of carbonyl (C=O) groups excluding carboxylic acids is 2. The molecule has 1 amide bonds. The Morgan fingerprint density at radius 1 is 1.36 bits per heavy atom. The first-order chi connectivity index (χ1) is 10.7. The van der Waals surface area contributed by atoms with Crippen LogP contribution in [0.15, 0.2) is 24.3 Å². The average Bonchev–Trinajstić information content (AvgIpc) is 2.55. The summed E-state index contributed by atoms with van der Waals surface area (Å²) < 4.78 is 9.97. The zero-order valence-corrected chi connectivity index (χ0v) is 12.8. The minimum absolute atomic E-state index is 0.0224. The van der Waals surface area contributed by atoms with Crippen molar-refractivity contribution >= 4 is 11.9 Å². The summed E-state index contributed by atoms with van der Waals surface area (Å²) in [5.41, 5.74) is 1.59. The summed E-state index contributed by atoms with van der Waals surface area (Å²) in [5.74, 6) is -0.323. The molecular formula is C16H22N2O4. The summed E-state index contributed by atoms with van der Waals surface area (Å²) >= 11 is 0. The first-order valence-electron chi connectivity index (χ1n) is 7.44. The molecule has 6 heteroatoms. The molecule has 0 spiro atoms. The monoisotopic (exact) mass is 306 g/mol. The van der Waals surface area contributed by atoms with Gasteiger partial charge in [-0.3, -0.25) is 4.79 Å². The van der Waals surface area contributed by atoms with Crippen molar-refractivity contribution in [3.63, 3.8) is 0 Å². The Labute approximate surface area is 130 Å². The van der Waals surface area contributed by atoms with Crippen LogP contribution in [-0.4, -0.2) is 51.3 Å². The van der Waals surface area contributed by atoms with E-state index in [-0.39, 0.29) is 17.9 Å². The zero-order chi connectivity index (χ0) is 15.8. The van der Waals surface area contributed by atoms with Gasteiger partial charge < -0.3 is 20.1 Å². The van der Waals surface area contributed by atoms with Gasteiger partial charge in [-0.05, 0) is 24.1 Å². The quantitative estimate of drug-likeness (QED) is 0.749. The number of hydrogen-bond donors (Lipinski definition) is 2. The van der Waals surface area contributed by atoms with Crippen molar-refractivity contribution in [3.05, 3.63) is 35.4 Å². The molecule has 1 atom stereocenters.